The van der Waals surface area contributed by atoms with Crippen molar-refractivity contribution in [2.75, 3.05) is 13.7 Å². The minimum atomic E-state index is -0.441. The molecule has 0 aliphatic rings. The minimum absolute atomic E-state index is 0.00593. The van der Waals surface area contributed by atoms with Crippen LogP contribution in [-0.2, 0) is 4.74 Å². The lowest BCUT2D eigenvalue weighted by Gasteiger charge is -2.07. The van der Waals surface area contributed by atoms with E-state index in [1.807, 2.05) is 18.4 Å². The average molecular weight is 213 g/mol. The Morgan fingerprint density at radius 3 is 2.93 bits per heavy atom. The first-order chi connectivity index (χ1) is 6.65. The Morgan fingerprint density at radius 1 is 1.71 bits per heavy atom. The lowest BCUT2D eigenvalue weighted by atomic mass is 10.1. The molecule has 1 unspecified atom stereocenters. The SMILES string of the molecule is COCCC(N)C(=O)c1csc(C)c1. The van der Waals surface area contributed by atoms with Crippen molar-refractivity contribution < 1.29 is 9.53 Å². The summed E-state index contributed by atoms with van der Waals surface area (Å²) in [7, 11) is 1.60. The molecule has 0 saturated heterocycles. The zero-order valence-electron chi connectivity index (χ0n) is 8.45. The van der Waals surface area contributed by atoms with Crippen molar-refractivity contribution in [2.45, 2.75) is 19.4 Å². The standard InChI is InChI=1S/C10H15NO2S/c1-7-5-8(6-14-7)10(12)9(11)3-4-13-2/h5-6,9H,3-4,11H2,1-2H3. The van der Waals surface area contributed by atoms with Gasteiger partial charge in [0.05, 0.1) is 6.04 Å². The predicted molar refractivity (Wildman–Crippen MR) is 57.9 cm³/mol. The van der Waals surface area contributed by atoms with E-state index in [-0.39, 0.29) is 5.78 Å². The van der Waals surface area contributed by atoms with Crippen LogP contribution in [0.15, 0.2) is 11.4 Å². The maximum atomic E-state index is 11.7. The maximum absolute atomic E-state index is 11.7. The Morgan fingerprint density at radius 2 is 2.43 bits per heavy atom. The quantitative estimate of drug-likeness (QED) is 0.756. The molecule has 0 saturated carbocycles. The van der Waals surface area contributed by atoms with Gasteiger partial charge in [-0.1, -0.05) is 0 Å². The highest BCUT2D eigenvalue weighted by atomic mass is 32.1. The molecule has 1 rings (SSSR count). The molecule has 1 aromatic heterocycles. The van der Waals surface area contributed by atoms with E-state index in [0.717, 1.165) is 10.4 Å². The molecule has 0 radical (unpaired) electrons. The molecule has 2 N–H and O–H groups in total. The average Bonchev–Trinajstić information content (AvgIpc) is 2.60. The molecule has 0 amide bonds. The van der Waals surface area contributed by atoms with Gasteiger partial charge in [0, 0.05) is 29.5 Å². The lowest BCUT2D eigenvalue weighted by Crippen LogP contribution is -2.31. The van der Waals surface area contributed by atoms with E-state index in [0.29, 0.717) is 13.0 Å². The summed E-state index contributed by atoms with van der Waals surface area (Å²) in [4.78, 5) is 12.8. The van der Waals surface area contributed by atoms with Gasteiger partial charge in [-0.25, -0.2) is 0 Å². The molecule has 0 spiro atoms. The second kappa shape index (κ2) is 5.24. The van der Waals surface area contributed by atoms with E-state index in [1.165, 1.54) is 0 Å². The highest BCUT2D eigenvalue weighted by molar-refractivity contribution is 7.10. The molecule has 4 heteroatoms. The molecule has 1 aromatic rings. The normalized spacial score (nSPS) is 12.8. The molecule has 14 heavy (non-hydrogen) atoms. The minimum Gasteiger partial charge on any atom is -0.385 e. The molecule has 1 atom stereocenters. The fourth-order valence-electron chi connectivity index (χ4n) is 1.16. The summed E-state index contributed by atoms with van der Waals surface area (Å²) in [5, 5.41) is 1.85. The summed E-state index contributed by atoms with van der Waals surface area (Å²) in [5.41, 5.74) is 6.44. The third-order valence-electron chi connectivity index (χ3n) is 1.98. The number of thiophene rings is 1. The maximum Gasteiger partial charge on any atom is 0.180 e. The van der Waals surface area contributed by atoms with Gasteiger partial charge in [-0.2, -0.15) is 0 Å². The number of carbonyl (C=O) groups is 1. The number of methoxy groups -OCH3 is 1. The van der Waals surface area contributed by atoms with Crippen LogP contribution >= 0.6 is 11.3 Å². The van der Waals surface area contributed by atoms with Crippen molar-refractivity contribution in [3.63, 3.8) is 0 Å². The van der Waals surface area contributed by atoms with Crippen molar-refractivity contribution in [1.82, 2.24) is 0 Å². The van der Waals surface area contributed by atoms with Gasteiger partial charge in [-0.15, -0.1) is 11.3 Å². The van der Waals surface area contributed by atoms with Crippen molar-refractivity contribution in [1.29, 1.82) is 0 Å². The van der Waals surface area contributed by atoms with E-state index >= 15 is 0 Å². The second-order valence-electron chi connectivity index (χ2n) is 3.20. The van der Waals surface area contributed by atoms with E-state index in [9.17, 15) is 4.79 Å². The van der Waals surface area contributed by atoms with Gasteiger partial charge in [0.25, 0.3) is 0 Å². The zero-order valence-corrected chi connectivity index (χ0v) is 9.26. The second-order valence-corrected chi connectivity index (χ2v) is 4.31. The Bertz CT molecular complexity index is 309. The van der Waals surface area contributed by atoms with E-state index in [1.54, 1.807) is 18.4 Å². The van der Waals surface area contributed by atoms with Crippen molar-refractivity contribution >= 4 is 17.1 Å². The van der Waals surface area contributed by atoms with Crippen LogP contribution < -0.4 is 5.73 Å². The summed E-state index contributed by atoms with van der Waals surface area (Å²) in [6, 6.07) is 1.43. The Balaban J connectivity index is 2.56. The fourth-order valence-corrected chi connectivity index (χ4v) is 1.85. The number of carbonyl (C=O) groups excluding carboxylic acids is 1. The van der Waals surface area contributed by atoms with Gasteiger partial charge in [-0.3, -0.25) is 4.79 Å². The number of aryl methyl sites for hydroxylation is 1. The number of hydrogen-bond acceptors (Lipinski definition) is 4. The number of hydrogen-bond donors (Lipinski definition) is 1. The van der Waals surface area contributed by atoms with Crippen LogP contribution in [0.4, 0.5) is 0 Å². The van der Waals surface area contributed by atoms with Gasteiger partial charge >= 0.3 is 0 Å². The van der Waals surface area contributed by atoms with E-state index in [4.69, 9.17) is 10.5 Å². The highest BCUT2D eigenvalue weighted by Crippen LogP contribution is 2.15. The van der Waals surface area contributed by atoms with E-state index in [2.05, 4.69) is 0 Å². The van der Waals surface area contributed by atoms with Gasteiger partial charge in [0.1, 0.15) is 0 Å². The van der Waals surface area contributed by atoms with Crippen LogP contribution in [0.2, 0.25) is 0 Å². The van der Waals surface area contributed by atoms with Crippen molar-refractivity contribution in [2.24, 2.45) is 5.73 Å². The number of Topliss-reactive ketones (excluding diaryl/α,β-unsaturated/α-hetero) is 1. The van der Waals surface area contributed by atoms with Gasteiger partial charge in [0.15, 0.2) is 5.78 Å². The molecule has 78 valence electrons. The molecule has 0 aromatic carbocycles. The first-order valence-corrected chi connectivity index (χ1v) is 5.37. The number of nitrogens with two attached hydrogens (primary N) is 1. The van der Waals surface area contributed by atoms with Gasteiger partial charge in [-0.05, 0) is 19.4 Å². The molecule has 0 aliphatic carbocycles. The first kappa shape index (κ1) is 11.4. The predicted octanol–water partition coefficient (Wildman–Crippen LogP) is 1.60. The smallest absolute Gasteiger partial charge is 0.180 e. The largest absolute Gasteiger partial charge is 0.385 e. The molecular weight excluding hydrogens is 198 g/mol. The summed E-state index contributed by atoms with van der Waals surface area (Å²) in [5.74, 6) is 0.00593. The topological polar surface area (TPSA) is 52.3 Å². The summed E-state index contributed by atoms with van der Waals surface area (Å²) < 4.78 is 4.87. The van der Waals surface area contributed by atoms with Gasteiger partial charge in [0.2, 0.25) is 0 Å². The monoisotopic (exact) mass is 213 g/mol. The third kappa shape index (κ3) is 2.90. The third-order valence-corrected chi connectivity index (χ3v) is 2.85. The number of ketones is 1. The number of rotatable bonds is 5. The Labute approximate surface area is 87.9 Å². The van der Waals surface area contributed by atoms with Crippen LogP contribution in [0.25, 0.3) is 0 Å². The van der Waals surface area contributed by atoms with Crippen LogP contribution in [-0.4, -0.2) is 25.5 Å². The first-order valence-electron chi connectivity index (χ1n) is 4.49. The number of ether oxygens (including phenoxy) is 1. The van der Waals surface area contributed by atoms with Crippen molar-refractivity contribution in [3.8, 4) is 0 Å². The molecule has 0 bridgehead atoms. The molecular formula is C10H15NO2S. The summed E-state index contributed by atoms with van der Waals surface area (Å²) >= 11 is 1.57. The Kier molecular flexibility index (Phi) is 4.25. The van der Waals surface area contributed by atoms with Crippen molar-refractivity contribution in [3.05, 3.63) is 21.9 Å². The van der Waals surface area contributed by atoms with Crippen LogP contribution in [0.3, 0.4) is 0 Å². The van der Waals surface area contributed by atoms with Crippen LogP contribution in [0, 0.1) is 6.92 Å². The Hall–Kier alpha value is -0.710. The zero-order chi connectivity index (χ0) is 10.6. The van der Waals surface area contributed by atoms with Crippen LogP contribution in [0.1, 0.15) is 21.7 Å². The lowest BCUT2D eigenvalue weighted by molar-refractivity contribution is 0.0936. The molecule has 0 aliphatic heterocycles. The highest BCUT2D eigenvalue weighted by Gasteiger charge is 2.16. The van der Waals surface area contributed by atoms with E-state index < -0.39 is 6.04 Å². The fraction of sp³-hybridized carbons (Fsp3) is 0.500. The van der Waals surface area contributed by atoms with Crippen LogP contribution in [0.5, 0.6) is 0 Å². The summed E-state index contributed by atoms with van der Waals surface area (Å²) in [6.07, 6.45) is 0.574. The van der Waals surface area contributed by atoms with Gasteiger partial charge < -0.3 is 10.5 Å². The molecule has 3 nitrogen and oxygen atoms in total. The summed E-state index contributed by atoms with van der Waals surface area (Å²) in [6.45, 7) is 2.50. The molecule has 0 fully saturated rings. The molecule has 1 heterocycles.